The highest BCUT2D eigenvalue weighted by molar-refractivity contribution is 5.91. The summed E-state index contributed by atoms with van der Waals surface area (Å²) in [6.07, 6.45) is -0.646. The SMILES string of the molecule is COc1ccc(CNCC(O)COc2ccc(-c3noc4cc(F)ccc34)cc2)cc1. The van der Waals surface area contributed by atoms with Crippen LogP contribution in [0.15, 0.2) is 71.3 Å². The van der Waals surface area contributed by atoms with Crippen molar-refractivity contribution < 1.29 is 23.5 Å². The second kappa shape index (κ2) is 9.59. The number of halogens is 1. The highest BCUT2D eigenvalue weighted by Crippen LogP contribution is 2.29. The van der Waals surface area contributed by atoms with E-state index >= 15 is 0 Å². The summed E-state index contributed by atoms with van der Waals surface area (Å²) in [4.78, 5) is 0. The highest BCUT2D eigenvalue weighted by Gasteiger charge is 2.12. The molecular formula is C24H23FN2O4. The molecule has 4 rings (SSSR count). The van der Waals surface area contributed by atoms with Gasteiger partial charge in [-0.05, 0) is 54.1 Å². The first-order valence-corrected chi connectivity index (χ1v) is 9.92. The molecule has 0 fully saturated rings. The summed E-state index contributed by atoms with van der Waals surface area (Å²) in [5.41, 5.74) is 2.98. The van der Waals surface area contributed by atoms with Gasteiger partial charge in [0, 0.05) is 30.1 Å². The molecule has 0 bridgehead atoms. The second-order valence-electron chi connectivity index (χ2n) is 7.14. The van der Waals surface area contributed by atoms with Crippen LogP contribution in [0.25, 0.3) is 22.2 Å². The number of aliphatic hydroxyl groups is 1. The Bertz CT molecular complexity index is 1130. The van der Waals surface area contributed by atoms with Gasteiger partial charge in [0.05, 0.1) is 7.11 Å². The topological polar surface area (TPSA) is 76.8 Å². The molecule has 0 radical (unpaired) electrons. The fourth-order valence-corrected chi connectivity index (χ4v) is 3.21. The van der Waals surface area contributed by atoms with E-state index in [-0.39, 0.29) is 12.4 Å². The second-order valence-corrected chi connectivity index (χ2v) is 7.14. The van der Waals surface area contributed by atoms with Crippen molar-refractivity contribution in [2.75, 3.05) is 20.3 Å². The predicted molar refractivity (Wildman–Crippen MR) is 116 cm³/mol. The fourth-order valence-electron chi connectivity index (χ4n) is 3.21. The van der Waals surface area contributed by atoms with Crippen LogP contribution in [0, 0.1) is 5.82 Å². The molecule has 160 valence electrons. The maximum absolute atomic E-state index is 13.3. The van der Waals surface area contributed by atoms with Gasteiger partial charge in [-0.15, -0.1) is 0 Å². The molecule has 31 heavy (non-hydrogen) atoms. The van der Waals surface area contributed by atoms with E-state index in [0.717, 1.165) is 22.3 Å². The van der Waals surface area contributed by atoms with E-state index in [2.05, 4.69) is 10.5 Å². The number of aromatic nitrogens is 1. The van der Waals surface area contributed by atoms with E-state index in [1.165, 1.54) is 12.1 Å². The summed E-state index contributed by atoms with van der Waals surface area (Å²) < 4.78 is 29.3. The largest absolute Gasteiger partial charge is 0.497 e. The summed E-state index contributed by atoms with van der Waals surface area (Å²) in [5.74, 6) is 1.08. The molecule has 0 amide bonds. The molecule has 7 heteroatoms. The minimum absolute atomic E-state index is 0.168. The molecule has 1 aromatic heterocycles. The van der Waals surface area contributed by atoms with Crippen molar-refractivity contribution in [3.05, 3.63) is 78.1 Å². The predicted octanol–water partition coefficient (Wildman–Crippen LogP) is 4.17. The maximum Gasteiger partial charge on any atom is 0.170 e. The molecule has 0 saturated heterocycles. The van der Waals surface area contributed by atoms with Crippen LogP contribution in [0.2, 0.25) is 0 Å². The van der Waals surface area contributed by atoms with Gasteiger partial charge in [0.1, 0.15) is 35.7 Å². The normalized spacial score (nSPS) is 12.1. The van der Waals surface area contributed by atoms with Crippen molar-refractivity contribution in [3.8, 4) is 22.8 Å². The van der Waals surface area contributed by atoms with Crippen LogP contribution in [-0.2, 0) is 6.54 Å². The molecule has 2 N–H and O–H groups in total. The quantitative estimate of drug-likeness (QED) is 0.422. The Balaban J connectivity index is 1.26. The van der Waals surface area contributed by atoms with Crippen molar-refractivity contribution in [2.45, 2.75) is 12.6 Å². The van der Waals surface area contributed by atoms with Gasteiger partial charge < -0.3 is 24.4 Å². The van der Waals surface area contributed by atoms with Gasteiger partial charge in [-0.2, -0.15) is 0 Å². The molecule has 1 unspecified atom stereocenters. The minimum Gasteiger partial charge on any atom is -0.497 e. The summed E-state index contributed by atoms with van der Waals surface area (Å²) in [7, 11) is 1.63. The molecule has 0 aliphatic heterocycles. The number of fused-ring (bicyclic) bond motifs is 1. The Morgan fingerprint density at radius 3 is 2.52 bits per heavy atom. The Morgan fingerprint density at radius 2 is 1.77 bits per heavy atom. The van der Waals surface area contributed by atoms with E-state index in [1.54, 1.807) is 25.3 Å². The van der Waals surface area contributed by atoms with Crippen LogP contribution in [0.3, 0.4) is 0 Å². The third kappa shape index (κ3) is 5.20. The van der Waals surface area contributed by atoms with Crippen LogP contribution in [0.5, 0.6) is 11.5 Å². The minimum atomic E-state index is -0.646. The van der Waals surface area contributed by atoms with Gasteiger partial charge in [0.15, 0.2) is 5.58 Å². The van der Waals surface area contributed by atoms with Crippen molar-refractivity contribution in [1.29, 1.82) is 0 Å². The smallest absolute Gasteiger partial charge is 0.170 e. The maximum atomic E-state index is 13.3. The van der Waals surface area contributed by atoms with Gasteiger partial charge in [-0.1, -0.05) is 17.3 Å². The Morgan fingerprint density at radius 1 is 1.03 bits per heavy atom. The van der Waals surface area contributed by atoms with Crippen LogP contribution < -0.4 is 14.8 Å². The Hall–Kier alpha value is -3.42. The van der Waals surface area contributed by atoms with Crippen molar-refractivity contribution in [1.82, 2.24) is 10.5 Å². The van der Waals surface area contributed by atoms with E-state index in [4.69, 9.17) is 14.0 Å². The first-order chi connectivity index (χ1) is 15.1. The van der Waals surface area contributed by atoms with E-state index in [1.807, 2.05) is 36.4 Å². The monoisotopic (exact) mass is 422 g/mol. The third-order valence-corrected chi connectivity index (χ3v) is 4.87. The summed E-state index contributed by atoms with van der Waals surface area (Å²) in [6, 6.07) is 19.4. The first kappa shape index (κ1) is 20.8. The van der Waals surface area contributed by atoms with Crippen LogP contribution >= 0.6 is 0 Å². The van der Waals surface area contributed by atoms with Gasteiger partial charge in [0.25, 0.3) is 0 Å². The molecule has 0 aliphatic carbocycles. The molecular weight excluding hydrogens is 399 g/mol. The molecule has 6 nitrogen and oxygen atoms in total. The van der Waals surface area contributed by atoms with Gasteiger partial charge in [0.2, 0.25) is 0 Å². The average molecular weight is 422 g/mol. The average Bonchev–Trinajstić information content (AvgIpc) is 3.21. The lowest BCUT2D eigenvalue weighted by molar-refractivity contribution is 0.106. The van der Waals surface area contributed by atoms with Crippen LogP contribution in [0.1, 0.15) is 5.56 Å². The number of nitrogens with one attached hydrogen (secondary N) is 1. The van der Waals surface area contributed by atoms with Crippen LogP contribution in [0.4, 0.5) is 4.39 Å². The highest BCUT2D eigenvalue weighted by atomic mass is 19.1. The molecule has 0 aliphatic rings. The van der Waals surface area contributed by atoms with Gasteiger partial charge >= 0.3 is 0 Å². The van der Waals surface area contributed by atoms with Gasteiger partial charge in [-0.25, -0.2) is 4.39 Å². The van der Waals surface area contributed by atoms with Crippen LogP contribution in [-0.4, -0.2) is 36.6 Å². The number of hydrogen-bond donors (Lipinski definition) is 2. The number of benzene rings is 3. The molecule has 4 aromatic rings. The lowest BCUT2D eigenvalue weighted by Gasteiger charge is -2.13. The lowest BCUT2D eigenvalue weighted by Crippen LogP contribution is -2.31. The summed E-state index contributed by atoms with van der Waals surface area (Å²) in [6.45, 7) is 1.22. The van der Waals surface area contributed by atoms with Crippen molar-refractivity contribution >= 4 is 11.0 Å². The van der Waals surface area contributed by atoms with Gasteiger partial charge in [-0.3, -0.25) is 0 Å². The number of nitrogens with zero attached hydrogens (tertiary/aromatic N) is 1. The number of methoxy groups -OCH3 is 1. The molecule has 0 saturated carbocycles. The number of aliphatic hydroxyl groups excluding tert-OH is 1. The summed E-state index contributed by atoms with van der Waals surface area (Å²) >= 11 is 0. The standard InChI is InChI=1S/C24H23FN2O4/c1-29-20-7-2-16(3-8-20)13-26-14-19(28)15-30-21-9-4-17(5-10-21)24-22-11-6-18(25)12-23(22)31-27-24/h2-12,19,26,28H,13-15H2,1H3. The van der Waals surface area contributed by atoms with Crippen molar-refractivity contribution in [2.24, 2.45) is 0 Å². The Labute approximate surface area is 179 Å². The Kier molecular flexibility index (Phi) is 6.45. The lowest BCUT2D eigenvalue weighted by atomic mass is 10.1. The number of hydrogen-bond acceptors (Lipinski definition) is 6. The zero-order valence-electron chi connectivity index (χ0n) is 17.0. The zero-order chi connectivity index (χ0) is 21.6. The molecule has 1 atom stereocenters. The first-order valence-electron chi connectivity index (χ1n) is 9.92. The van der Waals surface area contributed by atoms with E-state index in [9.17, 15) is 9.50 Å². The molecule has 1 heterocycles. The number of ether oxygens (including phenoxy) is 2. The van der Waals surface area contributed by atoms with Crippen molar-refractivity contribution in [3.63, 3.8) is 0 Å². The zero-order valence-corrected chi connectivity index (χ0v) is 17.0. The fraction of sp³-hybridized carbons (Fsp3) is 0.208. The number of rotatable bonds is 9. The third-order valence-electron chi connectivity index (χ3n) is 4.87. The molecule has 3 aromatic carbocycles. The summed E-state index contributed by atoms with van der Waals surface area (Å²) in [5, 5.41) is 18.1. The van der Waals surface area contributed by atoms with E-state index < -0.39 is 6.10 Å². The van der Waals surface area contributed by atoms with E-state index in [0.29, 0.717) is 30.1 Å². The molecule has 0 spiro atoms.